The smallest absolute Gasteiger partial charge is 0.480 e. The van der Waals surface area contributed by atoms with E-state index in [-0.39, 0.29) is 11.6 Å². The van der Waals surface area contributed by atoms with E-state index in [0.29, 0.717) is 24.8 Å². The van der Waals surface area contributed by atoms with Crippen LogP contribution in [0, 0.1) is 5.92 Å². The maximum Gasteiger partial charge on any atom is 0.525 e. The highest BCUT2D eigenvalue weighted by Crippen LogP contribution is 2.44. The normalized spacial score (nSPS) is 28.2. The van der Waals surface area contributed by atoms with Crippen molar-refractivity contribution >= 4 is 13.1 Å². The Kier molecular flexibility index (Phi) is 4.21. The highest BCUT2D eigenvalue weighted by atomic mass is 19.1. The van der Waals surface area contributed by atoms with Crippen LogP contribution < -0.4 is 5.73 Å². The molecule has 1 heterocycles. The number of allylic oxidation sites excluding steroid dienone is 1. The number of hydrogen-bond donors (Lipinski definition) is 2. The van der Waals surface area contributed by atoms with E-state index in [0.717, 1.165) is 0 Å². The molecule has 1 saturated heterocycles. The molecule has 0 radical (unpaired) electrons. The molecule has 1 aliphatic carbocycles. The Bertz CT molecular complexity index is 454. The summed E-state index contributed by atoms with van der Waals surface area (Å²) in [6.45, 7) is 7.50. The second kappa shape index (κ2) is 5.37. The van der Waals surface area contributed by atoms with Crippen LogP contribution in [0.2, 0.25) is 0 Å². The lowest BCUT2D eigenvalue weighted by atomic mass is 9.70. The van der Waals surface area contributed by atoms with E-state index in [9.17, 15) is 9.18 Å². The highest BCUT2D eigenvalue weighted by molar-refractivity contribution is 6.53. The van der Waals surface area contributed by atoms with Crippen molar-refractivity contribution in [2.75, 3.05) is 0 Å². The van der Waals surface area contributed by atoms with Crippen molar-refractivity contribution in [1.29, 1.82) is 0 Å². The molecule has 21 heavy (non-hydrogen) atoms. The second-order valence-electron chi connectivity index (χ2n) is 6.99. The van der Waals surface area contributed by atoms with Gasteiger partial charge in [-0.1, -0.05) is 0 Å². The minimum atomic E-state index is -1.01. The summed E-state index contributed by atoms with van der Waals surface area (Å²) in [4.78, 5) is 10.7. The average Bonchev–Trinajstić information content (AvgIpc) is 2.51. The van der Waals surface area contributed by atoms with Crippen LogP contribution >= 0.6 is 0 Å². The van der Waals surface area contributed by atoms with Gasteiger partial charge in [-0.3, -0.25) is 4.79 Å². The molecule has 0 aromatic heterocycles. The van der Waals surface area contributed by atoms with Crippen molar-refractivity contribution in [2.45, 2.75) is 64.2 Å². The van der Waals surface area contributed by atoms with Crippen molar-refractivity contribution in [2.24, 2.45) is 11.7 Å². The lowest BCUT2D eigenvalue weighted by molar-refractivity contribution is -0.139. The van der Waals surface area contributed by atoms with Gasteiger partial charge in [-0.05, 0) is 58.4 Å². The van der Waals surface area contributed by atoms with Crippen molar-refractivity contribution < 1.29 is 23.6 Å². The van der Waals surface area contributed by atoms with Crippen LogP contribution in [0.15, 0.2) is 11.3 Å². The first-order chi connectivity index (χ1) is 9.53. The quantitative estimate of drug-likeness (QED) is 0.776. The zero-order valence-electron chi connectivity index (χ0n) is 13.0. The molecule has 3 N–H and O–H groups in total. The Morgan fingerprint density at radius 2 is 1.86 bits per heavy atom. The summed E-state index contributed by atoms with van der Waals surface area (Å²) in [5.41, 5.74) is 4.64. The first kappa shape index (κ1) is 16.5. The standard InChI is InChI=1S/C14H23BFNO4/c1-13(2)14(3,4)21-15(20-13)11(16)9-5-8(6-9)7-10(17)12(18)19/h8,10H,5-7,17H2,1-4H3,(H,18,19). The number of aliphatic carboxylic acids is 1. The maximum atomic E-state index is 14.4. The first-order valence-electron chi connectivity index (χ1n) is 7.25. The van der Waals surface area contributed by atoms with E-state index in [1.54, 1.807) is 0 Å². The average molecular weight is 299 g/mol. The van der Waals surface area contributed by atoms with Gasteiger partial charge in [0.1, 0.15) is 11.8 Å². The second-order valence-corrected chi connectivity index (χ2v) is 6.99. The molecule has 118 valence electrons. The summed E-state index contributed by atoms with van der Waals surface area (Å²) >= 11 is 0. The minimum Gasteiger partial charge on any atom is -0.480 e. The van der Waals surface area contributed by atoms with Gasteiger partial charge in [-0.15, -0.1) is 0 Å². The summed E-state index contributed by atoms with van der Waals surface area (Å²) in [5, 5.41) is 8.76. The predicted molar refractivity (Wildman–Crippen MR) is 77.2 cm³/mol. The monoisotopic (exact) mass is 299 g/mol. The molecule has 2 aliphatic rings. The third-order valence-electron chi connectivity index (χ3n) is 4.77. The van der Waals surface area contributed by atoms with Gasteiger partial charge in [0.25, 0.3) is 0 Å². The molecule has 1 unspecified atom stereocenters. The minimum absolute atomic E-state index is 0.124. The molecule has 1 atom stereocenters. The number of rotatable bonds is 4. The molecule has 0 spiro atoms. The summed E-state index contributed by atoms with van der Waals surface area (Å²) in [6.07, 6.45) is 1.42. The SMILES string of the molecule is CC1(C)OB(C(F)=C2CC(CC(N)C(=O)O)C2)OC1(C)C. The topological polar surface area (TPSA) is 81.8 Å². The molecule has 0 aromatic rings. The fourth-order valence-electron chi connectivity index (χ4n) is 2.57. The zero-order chi connectivity index (χ0) is 16.0. The van der Waals surface area contributed by atoms with Crippen molar-refractivity contribution in [3.05, 3.63) is 11.3 Å². The molecule has 0 bridgehead atoms. The third-order valence-corrected chi connectivity index (χ3v) is 4.77. The van der Waals surface area contributed by atoms with Crippen LogP contribution in [0.5, 0.6) is 0 Å². The number of nitrogens with two attached hydrogens (primary N) is 1. The molecule has 7 heteroatoms. The van der Waals surface area contributed by atoms with Gasteiger partial charge >= 0.3 is 13.1 Å². The number of carboxylic acids is 1. The lowest BCUT2D eigenvalue weighted by Crippen LogP contribution is -2.41. The summed E-state index contributed by atoms with van der Waals surface area (Å²) in [7, 11) is -0.959. The lowest BCUT2D eigenvalue weighted by Gasteiger charge is -2.32. The summed E-state index contributed by atoms with van der Waals surface area (Å²) < 4.78 is 25.7. The fourth-order valence-corrected chi connectivity index (χ4v) is 2.57. The van der Waals surface area contributed by atoms with Crippen molar-refractivity contribution in [3.63, 3.8) is 0 Å². The number of carboxylic acid groups (broad SMARTS) is 1. The van der Waals surface area contributed by atoms with E-state index in [1.807, 2.05) is 27.7 Å². The van der Waals surface area contributed by atoms with E-state index >= 15 is 0 Å². The Labute approximate surface area is 124 Å². The van der Waals surface area contributed by atoms with Crippen LogP contribution in [-0.4, -0.2) is 35.4 Å². The van der Waals surface area contributed by atoms with Gasteiger partial charge in [-0.2, -0.15) is 0 Å². The van der Waals surface area contributed by atoms with E-state index in [4.69, 9.17) is 20.1 Å². The van der Waals surface area contributed by atoms with Gasteiger partial charge < -0.3 is 20.1 Å². The molecule has 2 rings (SSSR count). The van der Waals surface area contributed by atoms with Gasteiger partial charge in [0.05, 0.1) is 11.2 Å². The first-order valence-corrected chi connectivity index (χ1v) is 7.25. The molecule has 1 saturated carbocycles. The summed E-state index contributed by atoms with van der Waals surface area (Å²) in [6, 6.07) is -0.878. The van der Waals surface area contributed by atoms with Crippen LogP contribution in [0.25, 0.3) is 0 Å². The Morgan fingerprint density at radius 3 is 2.29 bits per heavy atom. The molecule has 0 aromatic carbocycles. The number of hydrogen-bond acceptors (Lipinski definition) is 4. The van der Waals surface area contributed by atoms with Crippen LogP contribution in [0.1, 0.15) is 47.0 Å². The molecular formula is C14H23BFNO4. The van der Waals surface area contributed by atoms with E-state index < -0.39 is 30.3 Å². The van der Waals surface area contributed by atoms with Gasteiger partial charge in [0.15, 0.2) is 0 Å². The van der Waals surface area contributed by atoms with Gasteiger partial charge in [-0.25, -0.2) is 4.39 Å². The van der Waals surface area contributed by atoms with Gasteiger partial charge in [0, 0.05) is 0 Å². The third kappa shape index (κ3) is 3.15. The largest absolute Gasteiger partial charge is 0.525 e. The van der Waals surface area contributed by atoms with Crippen molar-refractivity contribution in [1.82, 2.24) is 0 Å². The van der Waals surface area contributed by atoms with Crippen LogP contribution in [0.3, 0.4) is 0 Å². The molecule has 5 nitrogen and oxygen atoms in total. The molecule has 0 amide bonds. The molecule has 2 fully saturated rings. The Hall–Kier alpha value is -0.915. The maximum absolute atomic E-state index is 14.4. The molecular weight excluding hydrogens is 276 g/mol. The van der Waals surface area contributed by atoms with Crippen LogP contribution in [0.4, 0.5) is 4.39 Å². The molecule has 1 aliphatic heterocycles. The fraction of sp³-hybridized carbons (Fsp3) is 0.786. The van der Waals surface area contributed by atoms with Gasteiger partial charge in [0.2, 0.25) is 0 Å². The highest BCUT2D eigenvalue weighted by Gasteiger charge is 2.54. The number of carbonyl (C=O) groups is 1. The van der Waals surface area contributed by atoms with Crippen molar-refractivity contribution in [3.8, 4) is 0 Å². The van der Waals surface area contributed by atoms with E-state index in [1.165, 1.54) is 0 Å². The predicted octanol–water partition coefficient (Wildman–Crippen LogP) is 2.05. The van der Waals surface area contributed by atoms with Crippen LogP contribution in [-0.2, 0) is 14.1 Å². The Balaban J connectivity index is 1.94. The van der Waals surface area contributed by atoms with E-state index in [2.05, 4.69) is 0 Å². The Morgan fingerprint density at radius 1 is 1.38 bits per heavy atom. The zero-order valence-corrected chi connectivity index (χ0v) is 13.0. The summed E-state index contributed by atoms with van der Waals surface area (Å²) in [5.74, 6) is -0.891. The number of halogens is 1.